The fraction of sp³-hybridized carbons (Fsp3) is 0.235. The van der Waals surface area contributed by atoms with Crippen LogP contribution in [0.25, 0.3) is 0 Å². The van der Waals surface area contributed by atoms with Gasteiger partial charge in [0.15, 0.2) is 11.5 Å². The zero-order chi connectivity index (χ0) is 17.4. The summed E-state index contributed by atoms with van der Waals surface area (Å²) in [5.74, 6) is 1.63. The highest BCUT2D eigenvalue weighted by Gasteiger charge is 2.07. The van der Waals surface area contributed by atoms with E-state index in [2.05, 4.69) is 27.2 Å². The molecule has 2 aromatic rings. The number of ether oxygens (including phenoxy) is 2. The first kappa shape index (κ1) is 17.3. The fourth-order valence-corrected chi connectivity index (χ4v) is 1.98. The summed E-state index contributed by atoms with van der Waals surface area (Å²) in [4.78, 5) is 20.0. The predicted octanol–water partition coefficient (Wildman–Crippen LogP) is 2.02. The number of carbonyl (C=O) groups is 1. The second-order valence-corrected chi connectivity index (χ2v) is 4.83. The second-order valence-electron chi connectivity index (χ2n) is 4.83. The van der Waals surface area contributed by atoms with E-state index in [9.17, 15) is 4.79 Å². The average molecular weight is 328 g/mol. The summed E-state index contributed by atoms with van der Waals surface area (Å²) < 4.78 is 10.5. The second kappa shape index (κ2) is 8.52. The molecule has 2 N–H and O–H groups in total. The molecule has 1 heterocycles. The number of hydrogen-bond acceptors (Lipinski definition) is 6. The van der Waals surface area contributed by atoms with Crippen molar-refractivity contribution in [2.45, 2.75) is 6.54 Å². The van der Waals surface area contributed by atoms with Crippen LogP contribution in [-0.2, 0) is 6.54 Å². The number of methoxy groups -OCH3 is 2. The zero-order valence-corrected chi connectivity index (χ0v) is 13.7. The van der Waals surface area contributed by atoms with Gasteiger partial charge in [0.2, 0.25) is 0 Å². The number of benzene rings is 1. The maximum Gasteiger partial charge on any atom is 0.271 e. The number of rotatable bonds is 8. The molecule has 0 radical (unpaired) electrons. The van der Waals surface area contributed by atoms with Crippen LogP contribution < -0.4 is 20.1 Å². The lowest BCUT2D eigenvalue weighted by Gasteiger charge is -2.10. The molecule has 7 heteroatoms. The molecule has 0 spiro atoms. The van der Waals surface area contributed by atoms with Crippen molar-refractivity contribution in [3.8, 4) is 11.5 Å². The van der Waals surface area contributed by atoms with Crippen molar-refractivity contribution in [3.63, 3.8) is 0 Å². The van der Waals surface area contributed by atoms with Crippen molar-refractivity contribution < 1.29 is 14.3 Å². The third kappa shape index (κ3) is 4.45. The lowest BCUT2D eigenvalue weighted by Crippen LogP contribution is -2.24. The van der Waals surface area contributed by atoms with E-state index in [4.69, 9.17) is 9.47 Å². The normalized spacial score (nSPS) is 9.92. The van der Waals surface area contributed by atoms with Gasteiger partial charge in [0, 0.05) is 13.1 Å². The van der Waals surface area contributed by atoms with Crippen LogP contribution in [0.1, 0.15) is 16.1 Å². The molecule has 0 saturated carbocycles. The maximum absolute atomic E-state index is 11.7. The smallest absolute Gasteiger partial charge is 0.271 e. The minimum atomic E-state index is -0.283. The number of anilines is 1. The molecule has 2 rings (SSSR count). The molecule has 0 aliphatic rings. The third-order valence-corrected chi connectivity index (χ3v) is 3.21. The van der Waals surface area contributed by atoms with E-state index in [0.29, 0.717) is 30.4 Å². The highest BCUT2D eigenvalue weighted by atomic mass is 16.5. The summed E-state index contributed by atoms with van der Waals surface area (Å²) >= 11 is 0. The Kier molecular flexibility index (Phi) is 6.13. The molecule has 0 atom stereocenters. The van der Waals surface area contributed by atoms with Crippen molar-refractivity contribution in [2.24, 2.45) is 0 Å². The highest BCUT2D eigenvalue weighted by molar-refractivity contribution is 5.92. The Morgan fingerprint density at radius 2 is 2.00 bits per heavy atom. The third-order valence-electron chi connectivity index (χ3n) is 3.21. The van der Waals surface area contributed by atoms with Crippen molar-refractivity contribution in [2.75, 3.05) is 26.1 Å². The minimum absolute atomic E-state index is 0.258. The molecule has 126 valence electrons. The molecular formula is C17H20N4O3. The number of nitrogens with zero attached hydrogens (tertiary/aromatic N) is 2. The number of aromatic nitrogens is 2. The van der Waals surface area contributed by atoms with Gasteiger partial charge in [0.05, 0.1) is 26.6 Å². The van der Waals surface area contributed by atoms with Crippen LogP contribution >= 0.6 is 0 Å². The van der Waals surface area contributed by atoms with Gasteiger partial charge in [-0.25, -0.2) is 9.97 Å². The first-order valence-corrected chi connectivity index (χ1v) is 7.34. The summed E-state index contributed by atoms with van der Waals surface area (Å²) in [7, 11) is 3.19. The van der Waals surface area contributed by atoms with E-state index >= 15 is 0 Å². The Balaban J connectivity index is 1.97. The molecule has 1 amide bonds. The molecule has 7 nitrogen and oxygen atoms in total. The first-order valence-electron chi connectivity index (χ1n) is 7.34. The lowest BCUT2D eigenvalue weighted by atomic mass is 10.2. The van der Waals surface area contributed by atoms with Gasteiger partial charge < -0.3 is 20.1 Å². The molecular weight excluding hydrogens is 308 g/mol. The minimum Gasteiger partial charge on any atom is -0.493 e. The SMILES string of the molecule is C=CCNC(=O)c1cnc(NCc2ccc(OC)c(OC)c2)cn1. The van der Waals surface area contributed by atoms with Crippen molar-refractivity contribution in [1.82, 2.24) is 15.3 Å². The van der Waals surface area contributed by atoms with Gasteiger partial charge in [0.1, 0.15) is 11.5 Å². The van der Waals surface area contributed by atoms with E-state index in [1.54, 1.807) is 20.3 Å². The number of hydrogen-bond donors (Lipinski definition) is 2. The van der Waals surface area contributed by atoms with Crippen molar-refractivity contribution >= 4 is 11.7 Å². The monoisotopic (exact) mass is 328 g/mol. The zero-order valence-electron chi connectivity index (χ0n) is 13.7. The van der Waals surface area contributed by atoms with E-state index in [1.165, 1.54) is 12.4 Å². The Morgan fingerprint density at radius 1 is 1.21 bits per heavy atom. The Morgan fingerprint density at radius 3 is 2.62 bits per heavy atom. The highest BCUT2D eigenvalue weighted by Crippen LogP contribution is 2.27. The fourth-order valence-electron chi connectivity index (χ4n) is 1.98. The molecule has 0 aliphatic heterocycles. The van der Waals surface area contributed by atoms with Crippen LogP contribution in [0.15, 0.2) is 43.2 Å². The predicted molar refractivity (Wildman–Crippen MR) is 91.4 cm³/mol. The summed E-state index contributed by atoms with van der Waals surface area (Å²) in [5.41, 5.74) is 1.26. The topological polar surface area (TPSA) is 85.4 Å². The Hall–Kier alpha value is -3.09. The molecule has 1 aromatic heterocycles. The molecule has 0 fully saturated rings. The molecule has 0 unspecified atom stereocenters. The summed E-state index contributed by atoms with van der Waals surface area (Å²) in [6, 6.07) is 5.66. The van der Waals surface area contributed by atoms with Gasteiger partial charge in [0.25, 0.3) is 5.91 Å². The van der Waals surface area contributed by atoms with Crippen LogP contribution in [0.2, 0.25) is 0 Å². The first-order chi connectivity index (χ1) is 11.7. The van der Waals surface area contributed by atoms with Crippen LogP contribution in [0.3, 0.4) is 0 Å². The van der Waals surface area contributed by atoms with Crippen molar-refractivity contribution in [1.29, 1.82) is 0 Å². The summed E-state index contributed by atoms with van der Waals surface area (Å²) in [6.45, 7) is 4.47. The van der Waals surface area contributed by atoms with E-state index in [1.807, 2.05) is 18.2 Å². The Bertz CT molecular complexity index is 701. The molecule has 1 aromatic carbocycles. The standard InChI is InChI=1S/C17H20N4O3/c1-4-7-18-17(22)13-10-21-16(11-19-13)20-9-12-5-6-14(23-2)15(8-12)24-3/h4-6,8,10-11H,1,7,9H2,2-3H3,(H,18,22)(H,20,21). The molecule has 0 saturated heterocycles. The van der Waals surface area contributed by atoms with Crippen LogP contribution in [-0.4, -0.2) is 36.6 Å². The molecule has 0 aliphatic carbocycles. The van der Waals surface area contributed by atoms with Crippen LogP contribution in [0.5, 0.6) is 11.5 Å². The van der Waals surface area contributed by atoms with Gasteiger partial charge in [-0.1, -0.05) is 12.1 Å². The lowest BCUT2D eigenvalue weighted by molar-refractivity contribution is 0.0952. The van der Waals surface area contributed by atoms with Gasteiger partial charge in [-0.15, -0.1) is 6.58 Å². The van der Waals surface area contributed by atoms with Crippen LogP contribution in [0.4, 0.5) is 5.82 Å². The maximum atomic E-state index is 11.7. The largest absolute Gasteiger partial charge is 0.493 e. The van der Waals surface area contributed by atoms with Gasteiger partial charge in [-0.05, 0) is 17.7 Å². The average Bonchev–Trinajstić information content (AvgIpc) is 2.64. The van der Waals surface area contributed by atoms with E-state index in [0.717, 1.165) is 5.56 Å². The molecule has 0 bridgehead atoms. The van der Waals surface area contributed by atoms with Crippen LogP contribution in [0, 0.1) is 0 Å². The number of carbonyl (C=O) groups excluding carboxylic acids is 1. The number of nitrogens with one attached hydrogen (secondary N) is 2. The van der Waals surface area contributed by atoms with Gasteiger partial charge in [-0.2, -0.15) is 0 Å². The summed E-state index contributed by atoms with van der Waals surface area (Å²) in [5, 5.41) is 5.78. The van der Waals surface area contributed by atoms with Gasteiger partial charge >= 0.3 is 0 Å². The van der Waals surface area contributed by atoms with Crippen molar-refractivity contribution in [3.05, 3.63) is 54.5 Å². The van der Waals surface area contributed by atoms with E-state index in [-0.39, 0.29) is 11.6 Å². The summed E-state index contributed by atoms with van der Waals surface area (Å²) in [6.07, 6.45) is 4.54. The molecule has 24 heavy (non-hydrogen) atoms. The van der Waals surface area contributed by atoms with Gasteiger partial charge in [-0.3, -0.25) is 4.79 Å². The van der Waals surface area contributed by atoms with E-state index < -0.39 is 0 Å². The quantitative estimate of drug-likeness (QED) is 0.721. The number of amides is 1. The Labute approximate surface area is 140 Å².